The van der Waals surface area contributed by atoms with E-state index in [2.05, 4.69) is 21.2 Å². The maximum Gasteiger partial charge on any atom is 0.137 e. The molecule has 3 rings (SSSR count). The minimum absolute atomic E-state index is 0.194. The summed E-state index contributed by atoms with van der Waals surface area (Å²) in [7, 11) is 0. The Bertz CT molecular complexity index is 456. The fourth-order valence-electron chi connectivity index (χ4n) is 2.61. The first kappa shape index (κ1) is 13.4. The summed E-state index contributed by atoms with van der Waals surface area (Å²) in [4.78, 5) is 0. The Kier molecular flexibility index (Phi) is 4.08. The number of hydrogen-bond acceptors (Lipinski definition) is 2. The van der Waals surface area contributed by atoms with Gasteiger partial charge in [-0.1, -0.05) is 6.42 Å². The number of nitrogens with one attached hydrogen (secondary N) is 1. The van der Waals surface area contributed by atoms with Gasteiger partial charge in [0, 0.05) is 6.04 Å². The van der Waals surface area contributed by atoms with Crippen molar-refractivity contribution in [2.45, 2.75) is 50.7 Å². The van der Waals surface area contributed by atoms with Crippen molar-refractivity contribution in [3.8, 4) is 5.75 Å². The predicted molar refractivity (Wildman–Crippen MR) is 77.1 cm³/mol. The molecule has 1 aliphatic carbocycles. The number of rotatable bonds is 4. The van der Waals surface area contributed by atoms with E-state index in [0.29, 0.717) is 12.1 Å². The lowest BCUT2D eigenvalue weighted by atomic mass is 9.97. The Hall–Kier alpha value is -0.610. The highest BCUT2D eigenvalue weighted by Gasteiger charge is 2.26. The van der Waals surface area contributed by atoms with Gasteiger partial charge in [-0.2, -0.15) is 0 Å². The molecule has 1 aromatic rings. The third-order valence-electron chi connectivity index (χ3n) is 3.77. The number of hydrogen-bond donors (Lipinski definition) is 1. The summed E-state index contributed by atoms with van der Waals surface area (Å²) in [5, 5.41) is 3.51. The zero-order valence-corrected chi connectivity index (χ0v) is 12.5. The Balaban J connectivity index is 1.80. The molecule has 104 valence electrons. The van der Waals surface area contributed by atoms with Crippen molar-refractivity contribution in [3.63, 3.8) is 0 Å². The maximum absolute atomic E-state index is 13.6. The van der Waals surface area contributed by atoms with E-state index in [4.69, 9.17) is 4.74 Å². The average molecular weight is 328 g/mol. The SMILES string of the molecule is Fc1cc(Br)c(OC2CC2)c(CC2CCCCN2)c1. The number of piperidine rings is 1. The third kappa shape index (κ3) is 3.48. The van der Waals surface area contributed by atoms with Crippen LogP contribution in [0, 0.1) is 5.82 Å². The van der Waals surface area contributed by atoms with Gasteiger partial charge in [0.1, 0.15) is 11.6 Å². The quantitative estimate of drug-likeness (QED) is 0.907. The minimum Gasteiger partial charge on any atom is -0.489 e. The monoisotopic (exact) mass is 327 g/mol. The minimum atomic E-state index is -0.194. The summed E-state index contributed by atoms with van der Waals surface area (Å²) in [5.74, 6) is 0.650. The lowest BCUT2D eigenvalue weighted by Crippen LogP contribution is -2.35. The number of benzene rings is 1. The zero-order chi connectivity index (χ0) is 13.2. The van der Waals surface area contributed by atoms with Gasteiger partial charge in [-0.05, 0) is 72.3 Å². The van der Waals surface area contributed by atoms with Gasteiger partial charge in [0.25, 0.3) is 0 Å². The van der Waals surface area contributed by atoms with E-state index in [1.807, 2.05) is 0 Å². The van der Waals surface area contributed by atoms with Crippen LogP contribution in [-0.4, -0.2) is 18.7 Å². The molecule has 1 saturated heterocycles. The molecule has 4 heteroatoms. The third-order valence-corrected chi connectivity index (χ3v) is 4.36. The molecule has 0 radical (unpaired) electrons. The van der Waals surface area contributed by atoms with Crippen LogP contribution in [0.5, 0.6) is 5.75 Å². The van der Waals surface area contributed by atoms with Crippen LogP contribution >= 0.6 is 15.9 Å². The van der Waals surface area contributed by atoms with Crippen LogP contribution in [0.4, 0.5) is 4.39 Å². The first-order valence-corrected chi connectivity index (χ1v) is 7.89. The molecular formula is C15H19BrFNO. The molecule has 1 heterocycles. The summed E-state index contributed by atoms with van der Waals surface area (Å²) in [6, 6.07) is 3.57. The fraction of sp³-hybridized carbons (Fsp3) is 0.600. The van der Waals surface area contributed by atoms with Gasteiger partial charge in [-0.15, -0.1) is 0 Å². The average Bonchev–Trinajstić information content (AvgIpc) is 3.19. The molecular weight excluding hydrogens is 309 g/mol. The molecule has 1 aromatic carbocycles. The smallest absolute Gasteiger partial charge is 0.137 e. The molecule has 0 aromatic heterocycles. The van der Waals surface area contributed by atoms with Gasteiger partial charge >= 0.3 is 0 Å². The van der Waals surface area contributed by atoms with Crippen molar-refractivity contribution in [2.75, 3.05) is 6.54 Å². The maximum atomic E-state index is 13.6. The lowest BCUT2D eigenvalue weighted by molar-refractivity contribution is 0.294. The summed E-state index contributed by atoms with van der Waals surface area (Å²) in [6.07, 6.45) is 7.08. The van der Waals surface area contributed by atoms with Gasteiger partial charge in [0.15, 0.2) is 0 Å². The molecule has 1 aliphatic heterocycles. The summed E-state index contributed by atoms with van der Waals surface area (Å²) in [6.45, 7) is 1.07. The normalized spacial score (nSPS) is 23.4. The Labute approximate surface area is 121 Å². The highest BCUT2D eigenvalue weighted by Crippen LogP contribution is 2.36. The van der Waals surface area contributed by atoms with Crippen molar-refractivity contribution >= 4 is 15.9 Å². The van der Waals surface area contributed by atoms with E-state index in [0.717, 1.165) is 48.0 Å². The van der Waals surface area contributed by atoms with Crippen LogP contribution < -0.4 is 10.1 Å². The van der Waals surface area contributed by atoms with E-state index in [-0.39, 0.29) is 5.82 Å². The first-order valence-electron chi connectivity index (χ1n) is 7.10. The molecule has 1 N–H and O–H groups in total. The van der Waals surface area contributed by atoms with Crippen LogP contribution in [0.3, 0.4) is 0 Å². The van der Waals surface area contributed by atoms with Crippen molar-refractivity contribution in [1.82, 2.24) is 5.32 Å². The largest absolute Gasteiger partial charge is 0.489 e. The van der Waals surface area contributed by atoms with Crippen molar-refractivity contribution < 1.29 is 9.13 Å². The molecule has 0 spiro atoms. The van der Waals surface area contributed by atoms with Crippen LogP contribution in [0.25, 0.3) is 0 Å². The standard InChI is InChI=1S/C15H19BrFNO/c16-14-9-11(17)7-10(15(14)19-13-4-5-13)8-12-3-1-2-6-18-12/h7,9,12-13,18H,1-6,8H2. The van der Waals surface area contributed by atoms with Gasteiger partial charge in [0.05, 0.1) is 10.6 Å². The van der Waals surface area contributed by atoms with Gasteiger partial charge in [0.2, 0.25) is 0 Å². The topological polar surface area (TPSA) is 21.3 Å². The zero-order valence-electron chi connectivity index (χ0n) is 10.9. The Morgan fingerprint density at radius 2 is 2.11 bits per heavy atom. The second-order valence-electron chi connectivity index (χ2n) is 5.54. The number of halogens is 2. The highest BCUT2D eigenvalue weighted by atomic mass is 79.9. The fourth-order valence-corrected chi connectivity index (χ4v) is 3.18. The Morgan fingerprint density at radius 3 is 2.79 bits per heavy atom. The second kappa shape index (κ2) is 5.80. The van der Waals surface area contributed by atoms with Crippen LogP contribution in [0.15, 0.2) is 16.6 Å². The van der Waals surface area contributed by atoms with Crippen molar-refractivity contribution in [1.29, 1.82) is 0 Å². The molecule has 1 unspecified atom stereocenters. The number of ether oxygens (including phenoxy) is 1. The molecule has 19 heavy (non-hydrogen) atoms. The van der Waals surface area contributed by atoms with Gasteiger partial charge in [-0.25, -0.2) is 4.39 Å². The summed E-state index contributed by atoms with van der Waals surface area (Å²) in [5.41, 5.74) is 0.984. The highest BCUT2D eigenvalue weighted by molar-refractivity contribution is 9.10. The van der Waals surface area contributed by atoms with Gasteiger partial charge in [-0.3, -0.25) is 0 Å². The molecule has 2 aliphatic rings. The van der Waals surface area contributed by atoms with Crippen LogP contribution in [0.1, 0.15) is 37.7 Å². The molecule has 1 saturated carbocycles. The molecule has 1 atom stereocenters. The van der Waals surface area contributed by atoms with E-state index < -0.39 is 0 Å². The summed E-state index contributed by atoms with van der Waals surface area (Å²) >= 11 is 3.43. The van der Waals surface area contributed by atoms with E-state index in [1.54, 1.807) is 6.07 Å². The lowest BCUT2D eigenvalue weighted by Gasteiger charge is -2.24. The Morgan fingerprint density at radius 1 is 1.26 bits per heavy atom. The predicted octanol–water partition coefficient (Wildman–Crippen LogP) is 3.81. The van der Waals surface area contributed by atoms with E-state index >= 15 is 0 Å². The molecule has 0 amide bonds. The van der Waals surface area contributed by atoms with Crippen molar-refractivity contribution in [2.24, 2.45) is 0 Å². The molecule has 2 nitrogen and oxygen atoms in total. The van der Waals surface area contributed by atoms with Crippen molar-refractivity contribution in [3.05, 3.63) is 28.0 Å². The summed E-state index contributed by atoms with van der Waals surface area (Å²) < 4.78 is 20.3. The van der Waals surface area contributed by atoms with Crippen LogP contribution in [0.2, 0.25) is 0 Å². The second-order valence-corrected chi connectivity index (χ2v) is 6.40. The molecule has 2 fully saturated rings. The molecule has 0 bridgehead atoms. The first-order chi connectivity index (χ1) is 9.22. The van der Waals surface area contributed by atoms with E-state index in [1.165, 1.54) is 18.9 Å². The van der Waals surface area contributed by atoms with Gasteiger partial charge < -0.3 is 10.1 Å². The van der Waals surface area contributed by atoms with Crippen LogP contribution in [-0.2, 0) is 6.42 Å². The van der Waals surface area contributed by atoms with E-state index in [9.17, 15) is 4.39 Å².